The molecule has 0 unspecified atom stereocenters. The van der Waals surface area contributed by atoms with Gasteiger partial charge in [0, 0.05) is 18.7 Å². The number of ketones is 1. The second-order valence-corrected chi connectivity index (χ2v) is 7.99. The number of rotatable bonds is 8. The predicted molar refractivity (Wildman–Crippen MR) is 97.6 cm³/mol. The Morgan fingerprint density at radius 3 is 2.70 bits per heavy atom. The topological polar surface area (TPSA) is 42.4 Å². The quantitative estimate of drug-likeness (QED) is 0.656. The SMILES string of the molecule is CC[C@@H]1[C@@H](CCC(=O)C(C)(C)COc2ncccc2C(F)(F)F)CCN1C. The number of nitrogens with zero attached hydrogens (tertiary/aromatic N) is 2. The Hall–Kier alpha value is -1.63. The molecule has 0 aromatic carbocycles. The molecule has 1 aromatic heterocycles. The number of carbonyl (C=O) groups excluding carboxylic acids is 1. The molecule has 0 saturated carbocycles. The molecular formula is C20H29F3N2O2. The highest BCUT2D eigenvalue weighted by Crippen LogP contribution is 2.36. The third-order valence-electron chi connectivity index (χ3n) is 5.52. The molecule has 1 aromatic rings. The minimum atomic E-state index is -4.54. The highest BCUT2D eigenvalue weighted by atomic mass is 19.4. The average molecular weight is 386 g/mol. The van der Waals surface area contributed by atoms with Gasteiger partial charge in [0.2, 0.25) is 5.88 Å². The summed E-state index contributed by atoms with van der Waals surface area (Å²) in [4.78, 5) is 18.7. The van der Waals surface area contributed by atoms with Crippen LogP contribution in [0.2, 0.25) is 0 Å². The molecule has 1 fully saturated rings. The van der Waals surface area contributed by atoms with Crippen molar-refractivity contribution in [3.05, 3.63) is 23.9 Å². The van der Waals surface area contributed by atoms with E-state index in [2.05, 4.69) is 23.9 Å². The first-order chi connectivity index (χ1) is 12.6. The van der Waals surface area contributed by atoms with Crippen LogP contribution < -0.4 is 4.74 Å². The molecule has 7 heteroatoms. The van der Waals surface area contributed by atoms with Crippen LogP contribution in [0.3, 0.4) is 0 Å². The number of hydrogen-bond acceptors (Lipinski definition) is 4. The van der Waals surface area contributed by atoms with Gasteiger partial charge in [-0.1, -0.05) is 6.92 Å². The van der Waals surface area contributed by atoms with Crippen LogP contribution in [0.25, 0.3) is 0 Å². The zero-order valence-electron chi connectivity index (χ0n) is 16.5. The van der Waals surface area contributed by atoms with Crippen molar-refractivity contribution in [1.82, 2.24) is 9.88 Å². The van der Waals surface area contributed by atoms with Gasteiger partial charge in [-0.25, -0.2) is 4.98 Å². The van der Waals surface area contributed by atoms with Gasteiger partial charge in [0.15, 0.2) is 0 Å². The van der Waals surface area contributed by atoms with Crippen molar-refractivity contribution in [3.63, 3.8) is 0 Å². The van der Waals surface area contributed by atoms with E-state index in [4.69, 9.17) is 4.74 Å². The van der Waals surface area contributed by atoms with Crippen LogP contribution in [0.1, 0.15) is 52.0 Å². The number of halogens is 3. The molecule has 2 heterocycles. The summed E-state index contributed by atoms with van der Waals surface area (Å²) < 4.78 is 44.4. The van der Waals surface area contributed by atoms with Gasteiger partial charge in [0.25, 0.3) is 0 Å². The number of ether oxygens (including phenoxy) is 1. The fraction of sp³-hybridized carbons (Fsp3) is 0.700. The molecule has 27 heavy (non-hydrogen) atoms. The molecule has 2 atom stereocenters. The number of Topliss-reactive ketones (excluding diaryl/α,β-unsaturated/α-hetero) is 1. The Morgan fingerprint density at radius 2 is 2.07 bits per heavy atom. The summed E-state index contributed by atoms with van der Waals surface area (Å²) in [6.07, 6.45) is 0.0777. The second-order valence-electron chi connectivity index (χ2n) is 7.99. The fourth-order valence-electron chi connectivity index (χ4n) is 3.78. The summed E-state index contributed by atoms with van der Waals surface area (Å²) >= 11 is 0. The average Bonchev–Trinajstić information content (AvgIpc) is 2.97. The molecule has 152 valence electrons. The molecule has 0 radical (unpaired) electrons. The van der Waals surface area contributed by atoms with Crippen LogP contribution in [0, 0.1) is 11.3 Å². The number of alkyl halides is 3. The lowest BCUT2D eigenvalue weighted by Gasteiger charge is -2.26. The van der Waals surface area contributed by atoms with Crippen LogP contribution in [0.4, 0.5) is 13.2 Å². The summed E-state index contributed by atoms with van der Waals surface area (Å²) in [7, 11) is 2.11. The maximum atomic E-state index is 13.0. The minimum absolute atomic E-state index is 0.0106. The molecule has 0 bridgehead atoms. The first kappa shape index (κ1) is 21.7. The van der Waals surface area contributed by atoms with Crippen molar-refractivity contribution in [2.24, 2.45) is 11.3 Å². The maximum absolute atomic E-state index is 13.0. The normalized spacial score (nSPS) is 21.4. The standard InChI is InChI=1S/C20H29F3N2O2/c1-5-16-14(10-12-25(16)4)8-9-17(26)19(2,3)13-27-18-15(20(21,22)23)7-6-11-24-18/h6-7,11,14,16H,5,8-10,12-13H2,1-4H3/t14-,16+/m0/s1. The summed E-state index contributed by atoms with van der Waals surface area (Å²) in [5, 5.41) is 0. The molecule has 1 saturated heterocycles. The highest BCUT2D eigenvalue weighted by molar-refractivity contribution is 5.84. The fourth-order valence-corrected chi connectivity index (χ4v) is 3.78. The first-order valence-electron chi connectivity index (χ1n) is 9.44. The van der Waals surface area contributed by atoms with Gasteiger partial charge in [-0.05, 0) is 64.8 Å². The van der Waals surface area contributed by atoms with Crippen LogP contribution in [0.5, 0.6) is 5.88 Å². The van der Waals surface area contributed by atoms with E-state index in [0.717, 1.165) is 31.9 Å². The smallest absolute Gasteiger partial charge is 0.421 e. The Morgan fingerprint density at radius 1 is 1.37 bits per heavy atom. The summed E-state index contributed by atoms with van der Waals surface area (Å²) in [5.74, 6) is 0.0269. The highest BCUT2D eigenvalue weighted by Gasteiger charge is 2.37. The van der Waals surface area contributed by atoms with Crippen molar-refractivity contribution >= 4 is 5.78 Å². The van der Waals surface area contributed by atoms with Crippen molar-refractivity contribution in [1.29, 1.82) is 0 Å². The largest absolute Gasteiger partial charge is 0.476 e. The number of likely N-dealkylation sites (tertiary alicyclic amines) is 1. The van der Waals surface area contributed by atoms with E-state index in [1.165, 1.54) is 12.3 Å². The third-order valence-corrected chi connectivity index (χ3v) is 5.52. The molecule has 4 nitrogen and oxygen atoms in total. The summed E-state index contributed by atoms with van der Waals surface area (Å²) in [6.45, 7) is 6.49. The van der Waals surface area contributed by atoms with Crippen molar-refractivity contribution in [2.45, 2.75) is 58.7 Å². The number of pyridine rings is 1. The zero-order valence-corrected chi connectivity index (χ0v) is 16.5. The van der Waals surface area contributed by atoms with E-state index in [-0.39, 0.29) is 12.4 Å². The molecule has 0 N–H and O–H groups in total. The van der Waals surface area contributed by atoms with Crippen LogP contribution in [0.15, 0.2) is 18.3 Å². The lowest BCUT2D eigenvalue weighted by Crippen LogP contribution is -2.33. The Labute approximate surface area is 159 Å². The molecule has 1 aliphatic heterocycles. The maximum Gasteiger partial charge on any atom is 0.421 e. The number of carbonyl (C=O) groups is 1. The molecule has 0 amide bonds. The van der Waals surface area contributed by atoms with Crippen LogP contribution in [-0.2, 0) is 11.0 Å². The molecular weight excluding hydrogens is 357 g/mol. The van der Waals surface area contributed by atoms with Crippen molar-refractivity contribution < 1.29 is 22.7 Å². The lowest BCUT2D eigenvalue weighted by atomic mass is 9.83. The minimum Gasteiger partial charge on any atom is -0.476 e. The van der Waals surface area contributed by atoms with Gasteiger partial charge in [0.1, 0.15) is 18.0 Å². The van der Waals surface area contributed by atoms with E-state index < -0.39 is 23.0 Å². The number of hydrogen-bond donors (Lipinski definition) is 0. The van der Waals surface area contributed by atoms with Gasteiger partial charge >= 0.3 is 6.18 Å². The summed E-state index contributed by atoms with van der Waals surface area (Å²) in [5.41, 5.74) is -1.79. The first-order valence-corrected chi connectivity index (χ1v) is 9.44. The Balaban J connectivity index is 1.94. The Kier molecular flexibility index (Phi) is 6.89. The van der Waals surface area contributed by atoms with E-state index in [1.54, 1.807) is 13.8 Å². The predicted octanol–water partition coefficient (Wildman–Crippen LogP) is 4.59. The van der Waals surface area contributed by atoms with Gasteiger partial charge in [0.05, 0.1) is 5.41 Å². The van der Waals surface area contributed by atoms with Crippen molar-refractivity contribution in [2.75, 3.05) is 20.2 Å². The van der Waals surface area contributed by atoms with Gasteiger partial charge in [-0.3, -0.25) is 4.79 Å². The van der Waals surface area contributed by atoms with Gasteiger partial charge in [-0.2, -0.15) is 13.2 Å². The molecule has 0 spiro atoms. The van der Waals surface area contributed by atoms with Crippen LogP contribution >= 0.6 is 0 Å². The molecule has 0 aliphatic carbocycles. The lowest BCUT2D eigenvalue weighted by molar-refractivity contribution is -0.139. The second kappa shape index (κ2) is 8.59. The van der Waals surface area contributed by atoms with E-state index in [0.29, 0.717) is 18.4 Å². The monoisotopic (exact) mass is 386 g/mol. The zero-order chi connectivity index (χ0) is 20.2. The summed E-state index contributed by atoms with van der Waals surface area (Å²) in [6, 6.07) is 2.65. The third kappa shape index (κ3) is 5.43. The van der Waals surface area contributed by atoms with E-state index in [1.807, 2.05) is 0 Å². The Bertz CT molecular complexity index is 646. The van der Waals surface area contributed by atoms with E-state index in [9.17, 15) is 18.0 Å². The van der Waals surface area contributed by atoms with Crippen molar-refractivity contribution in [3.8, 4) is 5.88 Å². The van der Waals surface area contributed by atoms with E-state index >= 15 is 0 Å². The number of aromatic nitrogens is 1. The van der Waals surface area contributed by atoms with Gasteiger partial charge in [-0.15, -0.1) is 0 Å². The molecule has 1 aliphatic rings. The van der Waals surface area contributed by atoms with Gasteiger partial charge < -0.3 is 9.64 Å². The molecule has 2 rings (SSSR count). The van der Waals surface area contributed by atoms with Crippen LogP contribution in [-0.4, -0.2) is 41.9 Å².